The zero-order valence-corrected chi connectivity index (χ0v) is 8.60. The normalized spacial score (nSPS) is 19.5. The zero-order chi connectivity index (χ0) is 10.1. The van der Waals surface area contributed by atoms with Crippen molar-refractivity contribution in [1.82, 2.24) is 0 Å². The fourth-order valence-corrected chi connectivity index (χ4v) is 2.76. The first kappa shape index (κ1) is 9.40. The molecule has 0 bridgehead atoms. The van der Waals surface area contributed by atoms with Crippen LogP contribution < -0.4 is 0 Å². The fourth-order valence-electron chi connectivity index (χ4n) is 1.74. The molecule has 0 amide bonds. The van der Waals surface area contributed by atoms with Gasteiger partial charge in [0.2, 0.25) is 0 Å². The number of carbonyl (C=O) groups is 2. The lowest BCUT2D eigenvalue weighted by Gasteiger charge is -2.05. The number of hydrogen-bond donors (Lipinski definition) is 0. The highest BCUT2D eigenvalue weighted by Crippen LogP contribution is 2.39. The van der Waals surface area contributed by atoms with E-state index >= 15 is 0 Å². The molecule has 1 heterocycles. The summed E-state index contributed by atoms with van der Waals surface area (Å²) in [6, 6.07) is 1.83. The Morgan fingerprint density at radius 3 is 3.21 bits per heavy atom. The van der Waals surface area contributed by atoms with E-state index < -0.39 is 0 Å². The molecule has 0 saturated carbocycles. The van der Waals surface area contributed by atoms with E-state index in [4.69, 9.17) is 0 Å². The van der Waals surface area contributed by atoms with Crippen molar-refractivity contribution in [1.29, 1.82) is 0 Å². The van der Waals surface area contributed by atoms with Gasteiger partial charge in [-0.25, -0.2) is 0 Å². The largest absolute Gasteiger partial charge is 0.469 e. The second kappa shape index (κ2) is 3.53. The maximum atomic E-state index is 11.5. The van der Waals surface area contributed by atoms with Gasteiger partial charge in [0.05, 0.1) is 13.5 Å². The van der Waals surface area contributed by atoms with Crippen LogP contribution in [0.25, 0.3) is 0 Å². The number of carbonyl (C=O) groups excluding carboxylic acids is 2. The topological polar surface area (TPSA) is 43.4 Å². The van der Waals surface area contributed by atoms with Gasteiger partial charge in [0.1, 0.15) is 0 Å². The molecule has 1 aliphatic carbocycles. The quantitative estimate of drug-likeness (QED) is 0.701. The number of thiophene rings is 1. The predicted molar refractivity (Wildman–Crippen MR) is 52.6 cm³/mol. The molecular formula is C10H10O3S. The van der Waals surface area contributed by atoms with Gasteiger partial charge in [-0.15, -0.1) is 11.3 Å². The first-order valence-electron chi connectivity index (χ1n) is 4.39. The first-order valence-corrected chi connectivity index (χ1v) is 5.27. The maximum absolute atomic E-state index is 11.5. The van der Waals surface area contributed by atoms with Crippen molar-refractivity contribution in [2.24, 2.45) is 0 Å². The van der Waals surface area contributed by atoms with Crippen molar-refractivity contribution in [2.45, 2.75) is 18.8 Å². The monoisotopic (exact) mass is 210 g/mol. The first-order chi connectivity index (χ1) is 6.72. The molecule has 3 nitrogen and oxygen atoms in total. The van der Waals surface area contributed by atoms with E-state index in [1.54, 1.807) is 11.3 Å². The summed E-state index contributed by atoms with van der Waals surface area (Å²) in [4.78, 5) is 23.6. The van der Waals surface area contributed by atoms with E-state index in [2.05, 4.69) is 4.74 Å². The maximum Gasteiger partial charge on any atom is 0.306 e. The van der Waals surface area contributed by atoms with E-state index in [9.17, 15) is 9.59 Å². The van der Waals surface area contributed by atoms with Crippen molar-refractivity contribution in [3.63, 3.8) is 0 Å². The van der Waals surface area contributed by atoms with Crippen LogP contribution in [-0.4, -0.2) is 18.9 Å². The number of methoxy groups -OCH3 is 1. The molecule has 1 aliphatic rings. The minimum atomic E-state index is -0.246. The van der Waals surface area contributed by atoms with Crippen molar-refractivity contribution < 1.29 is 14.3 Å². The van der Waals surface area contributed by atoms with Gasteiger partial charge >= 0.3 is 5.97 Å². The van der Waals surface area contributed by atoms with E-state index in [0.717, 1.165) is 10.4 Å². The van der Waals surface area contributed by atoms with Gasteiger partial charge in [-0.2, -0.15) is 0 Å². The average molecular weight is 210 g/mol. The van der Waals surface area contributed by atoms with Crippen molar-refractivity contribution in [2.75, 3.05) is 7.11 Å². The van der Waals surface area contributed by atoms with Crippen LogP contribution in [0.15, 0.2) is 11.4 Å². The highest BCUT2D eigenvalue weighted by molar-refractivity contribution is 7.10. The standard InChI is InChI=1S/C10H10O3S/c1-13-9(12)5-6-4-8(11)7-2-3-14-10(6)7/h2-3,6H,4-5H2,1H3. The number of Topliss-reactive ketones (excluding diaryl/α,β-unsaturated/α-hetero) is 1. The summed E-state index contributed by atoms with van der Waals surface area (Å²) in [5.41, 5.74) is 0.795. The van der Waals surface area contributed by atoms with Crippen molar-refractivity contribution in [3.05, 3.63) is 21.9 Å². The van der Waals surface area contributed by atoms with Gasteiger partial charge in [0.25, 0.3) is 0 Å². The number of ketones is 1. The van der Waals surface area contributed by atoms with Crippen LogP contribution in [0.3, 0.4) is 0 Å². The predicted octanol–water partition coefficient (Wildman–Crippen LogP) is 1.98. The van der Waals surface area contributed by atoms with Crippen LogP contribution >= 0.6 is 11.3 Å². The molecule has 0 aromatic carbocycles. The third-order valence-corrected chi connectivity index (χ3v) is 3.52. The Labute approximate surface area is 85.7 Å². The van der Waals surface area contributed by atoms with Crippen molar-refractivity contribution in [3.8, 4) is 0 Å². The Bertz CT molecular complexity index is 380. The Morgan fingerprint density at radius 2 is 2.50 bits per heavy atom. The smallest absolute Gasteiger partial charge is 0.306 e. The average Bonchev–Trinajstić information content (AvgIpc) is 2.72. The molecule has 0 fully saturated rings. The highest BCUT2D eigenvalue weighted by atomic mass is 32.1. The molecule has 0 spiro atoms. The third kappa shape index (κ3) is 1.46. The van der Waals surface area contributed by atoms with E-state index in [0.29, 0.717) is 12.8 Å². The van der Waals surface area contributed by atoms with Gasteiger partial charge in [0, 0.05) is 22.8 Å². The third-order valence-electron chi connectivity index (χ3n) is 2.44. The minimum absolute atomic E-state index is 0.0462. The molecule has 1 aromatic rings. The Hall–Kier alpha value is -1.16. The van der Waals surface area contributed by atoms with Crippen LogP contribution in [0, 0.1) is 0 Å². The van der Waals surface area contributed by atoms with Gasteiger partial charge < -0.3 is 4.74 Å². The van der Waals surface area contributed by atoms with Crippen LogP contribution in [0.2, 0.25) is 0 Å². The number of ether oxygens (including phenoxy) is 1. The van der Waals surface area contributed by atoms with E-state index in [1.165, 1.54) is 7.11 Å². The van der Waals surface area contributed by atoms with Gasteiger partial charge in [0.15, 0.2) is 5.78 Å². The van der Waals surface area contributed by atoms with Gasteiger partial charge in [-0.05, 0) is 11.4 Å². The Balaban J connectivity index is 2.18. The molecule has 1 aromatic heterocycles. The molecule has 1 atom stereocenters. The lowest BCUT2D eigenvalue weighted by Crippen LogP contribution is -2.06. The van der Waals surface area contributed by atoms with E-state index in [-0.39, 0.29) is 17.7 Å². The summed E-state index contributed by atoms with van der Waals surface area (Å²) in [5.74, 6) is -0.0517. The molecular weight excluding hydrogens is 200 g/mol. The Kier molecular flexibility index (Phi) is 2.37. The summed E-state index contributed by atoms with van der Waals surface area (Å²) < 4.78 is 4.59. The number of esters is 1. The molecule has 0 radical (unpaired) electrons. The van der Waals surface area contributed by atoms with Crippen molar-refractivity contribution >= 4 is 23.1 Å². The van der Waals surface area contributed by atoms with Crippen LogP contribution in [0.1, 0.15) is 34.0 Å². The number of hydrogen-bond acceptors (Lipinski definition) is 4. The lowest BCUT2D eigenvalue weighted by atomic mass is 10.1. The van der Waals surface area contributed by atoms with Gasteiger partial charge in [-0.3, -0.25) is 9.59 Å². The molecule has 0 aliphatic heterocycles. The summed E-state index contributed by atoms with van der Waals surface area (Å²) in [6.07, 6.45) is 0.771. The fraction of sp³-hybridized carbons (Fsp3) is 0.400. The number of rotatable bonds is 2. The van der Waals surface area contributed by atoms with Crippen LogP contribution in [0.4, 0.5) is 0 Å². The summed E-state index contributed by atoms with van der Waals surface area (Å²) >= 11 is 1.55. The second-order valence-electron chi connectivity index (χ2n) is 3.30. The second-order valence-corrected chi connectivity index (χ2v) is 4.25. The van der Waals surface area contributed by atoms with Gasteiger partial charge in [-0.1, -0.05) is 0 Å². The zero-order valence-electron chi connectivity index (χ0n) is 7.78. The molecule has 2 rings (SSSR count). The SMILES string of the molecule is COC(=O)CC1CC(=O)c2ccsc21. The van der Waals surface area contributed by atoms with Crippen LogP contribution in [0.5, 0.6) is 0 Å². The van der Waals surface area contributed by atoms with Crippen LogP contribution in [-0.2, 0) is 9.53 Å². The highest BCUT2D eigenvalue weighted by Gasteiger charge is 2.32. The molecule has 4 heteroatoms. The Morgan fingerprint density at radius 1 is 1.71 bits per heavy atom. The summed E-state index contributed by atoms with van der Waals surface area (Å²) in [7, 11) is 1.37. The number of fused-ring (bicyclic) bond motifs is 1. The van der Waals surface area contributed by atoms with E-state index in [1.807, 2.05) is 11.4 Å². The molecule has 1 unspecified atom stereocenters. The lowest BCUT2D eigenvalue weighted by molar-refractivity contribution is -0.141. The molecule has 14 heavy (non-hydrogen) atoms. The molecule has 0 N–H and O–H groups in total. The minimum Gasteiger partial charge on any atom is -0.469 e. The molecule has 0 saturated heterocycles. The summed E-state index contributed by atoms with van der Waals surface area (Å²) in [5, 5.41) is 1.89. The molecule has 74 valence electrons. The summed E-state index contributed by atoms with van der Waals surface area (Å²) in [6.45, 7) is 0.